The zero-order valence-corrected chi connectivity index (χ0v) is 15.5. The Morgan fingerprint density at radius 1 is 1.04 bits per heavy atom. The number of nitrogens with one attached hydrogen (secondary N) is 1. The van der Waals surface area contributed by atoms with Crippen molar-refractivity contribution in [3.8, 4) is 16.9 Å². The minimum Gasteiger partial charge on any atom is -0.486 e. The van der Waals surface area contributed by atoms with E-state index in [-0.39, 0.29) is 18.5 Å². The molecule has 0 amide bonds. The molecule has 1 aliphatic rings. The van der Waals surface area contributed by atoms with Crippen molar-refractivity contribution in [2.24, 2.45) is 0 Å². The highest BCUT2D eigenvalue weighted by Gasteiger charge is 2.34. The standard InChI is InChI=1S/C19H22FNO4S/c1-13(2)26(22,23)21-18-11-24-12-19(18)25-17-9-5-15(6-10-17)14-3-7-16(20)8-4-14/h3-10,13,18-19,21H,11-12H2,1-2H3/t18-,19?/m0/s1. The van der Waals surface area contributed by atoms with E-state index in [1.165, 1.54) is 12.1 Å². The molecule has 140 valence electrons. The van der Waals surface area contributed by atoms with E-state index in [9.17, 15) is 12.8 Å². The predicted molar refractivity (Wildman–Crippen MR) is 98.1 cm³/mol. The highest BCUT2D eigenvalue weighted by molar-refractivity contribution is 7.90. The molecule has 0 saturated carbocycles. The van der Waals surface area contributed by atoms with Crippen LogP contribution in [-0.4, -0.2) is 39.0 Å². The lowest BCUT2D eigenvalue weighted by Crippen LogP contribution is -2.47. The van der Waals surface area contributed by atoms with Gasteiger partial charge in [-0.25, -0.2) is 17.5 Å². The summed E-state index contributed by atoms with van der Waals surface area (Å²) in [5, 5.41) is -0.515. The van der Waals surface area contributed by atoms with Crippen LogP contribution >= 0.6 is 0 Å². The van der Waals surface area contributed by atoms with Gasteiger partial charge in [0.15, 0.2) is 0 Å². The summed E-state index contributed by atoms with van der Waals surface area (Å²) in [6.45, 7) is 3.86. The molecule has 7 heteroatoms. The highest BCUT2D eigenvalue weighted by atomic mass is 32.2. The second-order valence-electron chi connectivity index (χ2n) is 6.54. The van der Waals surface area contributed by atoms with Gasteiger partial charge < -0.3 is 9.47 Å². The summed E-state index contributed by atoms with van der Waals surface area (Å²) in [4.78, 5) is 0. The summed E-state index contributed by atoms with van der Waals surface area (Å²) < 4.78 is 51.1. The lowest BCUT2D eigenvalue weighted by atomic mass is 10.1. The summed E-state index contributed by atoms with van der Waals surface area (Å²) >= 11 is 0. The van der Waals surface area contributed by atoms with E-state index in [2.05, 4.69) is 4.72 Å². The van der Waals surface area contributed by atoms with E-state index in [1.807, 2.05) is 24.3 Å². The van der Waals surface area contributed by atoms with Gasteiger partial charge in [-0.05, 0) is 49.2 Å². The van der Waals surface area contributed by atoms with Crippen molar-refractivity contribution >= 4 is 10.0 Å². The van der Waals surface area contributed by atoms with Crippen molar-refractivity contribution in [1.29, 1.82) is 0 Å². The van der Waals surface area contributed by atoms with Crippen LogP contribution in [0.4, 0.5) is 4.39 Å². The van der Waals surface area contributed by atoms with Gasteiger partial charge in [0.25, 0.3) is 0 Å². The monoisotopic (exact) mass is 379 g/mol. The van der Waals surface area contributed by atoms with Crippen LogP contribution in [0.5, 0.6) is 5.75 Å². The Hall–Kier alpha value is -1.96. The summed E-state index contributed by atoms with van der Waals surface area (Å²) in [7, 11) is -3.39. The third kappa shape index (κ3) is 4.41. The molecule has 3 rings (SSSR count). The Morgan fingerprint density at radius 3 is 2.19 bits per heavy atom. The SMILES string of the molecule is CC(C)S(=O)(=O)N[C@H]1COCC1Oc1ccc(-c2ccc(F)cc2)cc1. The van der Waals surface area contributed by atoms with E-state index in [0.29, 0.717) is 12.4 Å². The molecule has 2 atom stereocenters. The van der Waals surface area contributed by atoms with Crippen molar-refractivity contribution in [3.63, 3.8) is 0 Å². The molecule has 1 aliphatic heterocycles. The van der Waals surface area contributed by atoms with E-state index in [4.69, 9.17) is 9.47 Å². The quantitative estimate of drug-likeness (QED) is 0.838. The maximum Gasteiger partial charge on any atom is 0.214 e. The number of halogens is 1. The fraction of sp³-hybridized carbons (Fsp3) is 0.368. The molecular weight excluding hydrogens is 357 g/mol. The first-order valence-corrected chi connectivity index (χ1v) is 10.0. The van der Waals surface area contributed by atoms with E-state index in [0.717, 1.165) is 11.1 Å². The molecular formula is C19H22FNO4S. The van der Waals surface area contributed by atoms with Crippen LogP contribution < -0.4 is 9.46 Å². The van der Waals surface area contributed by atoms with Crippen LogP contribution in [0.2, 0.25) is 0 Å². The number of benzene rings is 2. The molecule has 1 fully saturated rings. The molecule has 5 nitrogen and oxygen atoms in total. The Bertz CT molecular complexity index is 835. The van der Waals surface area contributed by atoms with Crippen molar-refractivity contribution in [2.45, 2.75) is 31.2 Å². The smallest absolute Gasteiger partial charge is 0.214 e. The average molecular weight is 379 g/mol. The zero-order valence-electron chi connectivity index (χ0n) is 14.7. The summed E-state index contributed by atoms with van der Waals surface area (Å²) in [5.41, 5.74) is 1.85. The van der Waals surface area contributed by atoms with Gasteiger partial charge in [-0.1, -0.05) is 24.3 Å². The molecule has 0 bridgehead atoms. The van der Waals surface area contributed by atoms with Crippen LogP contribution in [0, 0.1) is 5.82 Å². The van der Waals surface area contributed by atoms with Crippen molar-refractivity contribution < 1.29 is 22.3 Å². The normalized spacial score (nSPS) is 20.5. The van der Waals surface area contributed by atoms with Gasteiger partial charge in [0.2, 0.25) is 10.0 Å². The van der Waals surface area contributed by atoms with Crippen LogP contribution in [-0.2, 0) is 14.8 Å². The molecule has 2 aromatic rings. The first kappa shape index (κ1) is 18.8. The molecule has 26 heavy (non-hydrogen) atoms. The van der Waals surface area contributed by atoms with Gasteiger partial charge in [-0.3, -0.25) is 0 Å². The largest absolute Gasteiger partial charge is 0.486 e. The maximum absolute atomic E-state index is 13.0. The van der Waals surface area contributed by atoms with Crippen LogP contribution in [0.15, 0.2) is 48.5 Å². The highest BCUT2D eigenvalue weighted by Crippen LogP contribution is 2.24. The number of hydrogen-bond donors (Lipinski definition) is 1. The van der Waals surface area contributed by atoms with Crippen molar-refractivity contribution in [3.05, 3.63) is 54.3 Å². The Kier molecular flexibility index (Phi) is 5.60. The van der Waals surface area contributed by atoms with Crippen molar-refractivity contribution in [2.75, 3.05) is 13.2 Å². The average Bonchev–Trinajstić information content (AvgIpc) is 3.02. The summed E-state index contributed by atoms with van der Waals surface area (Å²) in [6.07, 6.45) is -0.389. The van der Waals surface area contributed by atoms with E-state index in [1.54, 1.807) is 26.0 Å². The van der Waals surface area contributed by atoms with Crippen LogP contribution in [0.1, 0.15) is 13.8 Å². The Morgan fingerprint density at radius 2 is 1.62 bits per heavy atom. The third-order valence-corrected chi connectivity index (χ3v) is 6.16. The minimum atomic E-state index is -3.39. The molecule has 0 radical (unpaired) electrons. The van der Waals surface area contributed by atoms with Crippen molar-refractivity contribution in [1.82, 2.24) is 4.72 Å². The summed E-state index contributed by atoms with van der Waals surface area (Å²) in [5.74, 6) is 0.352. The Labute approximate surface area is 153 Å². The van der Waals surface area contributed by atoms with Crippen LogP contribution in [0.25, 0.3) is 11.1 Å². The van der Waals surface area contributed by atoms with Crippen LogP contribution in [0.3, 0.4) is 0 Å². The third-order valence-electron chi connectivity index (χ3n) is 4.28. The molecule has 0 aromatic heterocycles. The fourth-order valence-electron chi connectivity index (χ4n) is 2.65. The Balaban J connectivity index is 1.67. The topological polar surface area (TPSA) is 64.6 Å². The molecule has 0 aliphatic carbocycles. The van der Waals surface area contributed by atoms with E-state index >= 15 is 0 Å². The summed E-state index contributed by atoms with van der Waals surface area (Å²) in [6, 6.07) is 13.2. The second kappa shape index (κ2) is 7.73. The lowest BCUT2D eigenvalue weighted by Gasteiger charge is -2.21. The van der Waals surface area contributed by atoms with Gasteiger partial charge in [0.05, 0.1) is 24.5 Å². The first-order valence-electron chi connectivity index (χ1n) is 8.47. The lowest BCUT2D eigenvalue weighted by molar-refractivity contribution is 0.140. The molecule has 1 N–H and O–H groups in total. The van der Waals surface area contributed by atoms with Gasteiger partial charge in [0.1, 0.15) is 17.7 Å². The van der Waals surface area contributed by atoms with Gasteiger partial charge in [-0.15, -0.1) is 0 Å². The molecule has 1 saturated heterocycles. The number of sulfonamides is 1. The molecule has 1 unspecified atom stereocenters. The molecule has 1 heterocycles. The maximum atomic E-state index is 13.0. The number of hydrogen-bond acceptors (Lipinski definition) is 4. The molecule has 2 aromatic carbocycles. The van der Waals surface area contributed by atoms with Gasteiger partial charge in [-0.2, -0.15) is 0 Å². The van der Waals surface area contributed by atoms with E-state index < -0.39 is 21.3 Å². The first-order chi connectivity index (χ1) is 12.3. The van der Waals surface area contributed by atoms with Gasteiger partial charge >= 0.3 is 0 Å². The number of ether oxygens (including phenoxy) is 2. The zero-order chi connectivity index (χ0) is 18.7. The second-order valence-corrected chi connectivity index (χ2v) is 8.81. The predicted octanol–water partition coefficient (Wildman–Crippen LogP) is 2.97. The number of rotatable bonds is 6. The molecule has 0 spiro atoms. The minimum absolute atomic E-state index is 0.273. The van der Waals surface area contributed by atoms with Gasteiger partial charge in [0, 0.05) is 0 Å². The fourth-order valence-corrected chi connectivity index (χ4v) is 3.56.